The van der Waals surface area contributed by atoms with Gasteiger partial charge in [-0.25, -0.2) is 9.97 Å². The first-order chi connectivity index (χ1) is 19.7. The van der Waals surface area contributed by atoms with Crippen LogP contribution in [0.15, 0.2) is 97.3 Å². The predicted molar refractivity (Wildman–Crippen MR) is 158 cm³/mol. The third kappa shape index (κ3) is 5.33. The first kappa shape index (κ1) is 25.8. The van der Waals surface area contributed by atoms with Crippen LogP contribution in [-0.2, 0) is 0 Å². The molecule has 9 heteroatoms. The average Bonchev–Trinajstić information content (AvgIpc) is 3.03. The van der Waals surface area contributed by atoms with E-state index < -0.39 is 0 Å². The number of nitro groups is 1. The van der Waals surface area contributed by atoms with Gasteiger partial charge in [-0.2, -0.15) is 0 Å². The van der Waals surface area contributed by atoms with E-state index in [0.29, 0.717) is 37.8 Å². The number of anilines is 3. The van der Waals surface area contributed by atoms with E-state index >= 15 is 0 Å². The van der Waals surface area contributed by atoms with Crippen LogP contribution >= 0.6 is 0 Å². The minimum Gasteiger partial charge on any atom is -0.368 e. The molecule has 0 bridgehead atoms. The zero-order chi connectivity index (χ0) is 27.3. The molecule has 4 aromatic rings. The molecule has 3 aromatic carbocycles. The number of nitrogens with zero attached hydrogens (tertiary/aromatic N) is 7. The summed E-state index contributed by atoms with van der Waals surface area (Å²) in [7, 11) is 0. The van der Waals surface area contributed by atoms with Crippen LogP contribution in [-0.4, -0.2) is 72.1 Å². The molecule has 0 atom stereocenters. The van der Waals surface area contributed by atoms with Crippen molar-refractivity contribution in [3.63, 3.8) is 0 Å². The van der Waals surface area contributed by atoms with Gasteiger partial charge in [0.2, 0.25) is 11.6 Å². The minimum absolute atomic E-state index is 0.00628. The molecule has 204 valence electrons. The van der Waals surface area contributed by atoms with Crippen LogP contribution < -0.4 is 14.7 Å². The molecule has 3 heterocycles. The van der Waals surface area contributed by atoms with Gasteiger partial charge in [0.05, 0.1) is 11.0 Å². The molecule has 1 aromatic heterocycles. The van der Waals surface area contributed by atoms with E-state index in [1.807, 2.05) is 40.1 Å². The van der Waals surface area contributed by atoms with Crippen LogP contribution in [0.25, 0.3) is 0 Å². The molecule has 0 amide bonds. The molecule has 2 fully saturated rings. The molecule has 0 unspecified atom stereocenters. The summed E-state index contributed by atoms with van der Waals surface area (Å²) in [5, 5.41) is 12.4. The Hall–Kier alpha value is -4.50. The van der Waals surface area contributed by atoms with Crippen LogP contribution in [0.3, 0.4) is 0 Å². The Morgan fingerprint density at radius 3 is 1.50 bits per heavy atom. The van der Waals surface area contributed by atoms with Gasteiger partial charge in [0.1, 0.15) is 6.33 Å². The van der Waals surface area contributed by atoms with E-state index in [2.05, 4.69) is 80.4 Å². The van der Waals surface area contributed by atoms with Crippen molar-refractivity contribution < 1.29 is 4.92 Å². The van der Waals surface area contributed by atoms with E-state index in [1.165, 1.54) is 23.1 Å². The highest BCUT2D eigenvalue weighted by atomic mass is 16.6. The molecule has 6 rings (SSSR count). The topological polar surface area (TPSA) is 81.9 Å². The third-order valence-corrected chi connectivity index (χ3v) is 7.88. The van der Waals surface area contributed by atoms with Crippen molar-refractivity contribution in [1.29, 1.82) is 0 Å². The van der Waals surface area contributed by atoms with Gasteiger partial charge in [-0.3, -0.25) is 15.0 Å². The molecule has 0 radical (unpaired) electrons. The maximum absolute atomic E-state index is 12.4. The van der Waals surface area contributed by atoms with Crippen LogP contribution in [0, 0.1) is 10.1 Å². The summed E-state index contributed by atoms with van der Waals surface area (Å²) in [6.07, 6.45) is 1.48. The fraction of sp³-hybridized carbons (Fsp3) is 0.290. The van der Waals surface area contributed by atoms with Gasteiger partial charge in [0.25, 0.3) is 0 Å². The lowest BCUT2D eigenvalue weighted by molar-refractivity contribution is -0.383. The summed E-state index contributed by atoms with van der Waals surface area (Å²) >= 11 is 0. The maximum atomic E-state index is 12.4. The Bertz CT molecular complexity index is 1370. The van der Waals surface area contributed by atoms with Crippen molar-refractivity contribution in [2.24, 2.45) is 0 Å². The van der Waals surface area contributed by atoms with Crippen LogP contribution in [0.2, 0.25) is 0 Å². The largest absolute Gasteiger partial charge is 0.368 e. The van der Waals surface area contributed by atoms with E-state index in [1.54, 1.807) is 0 Å². The number of rotatable bonds is 7. The number of benzene rings is 3. The standard InChI is InChI=1S/C31H33N7O2/c39-38(40)29-30(36-20-16-34(17-21-36)27-14-8-3-9-15-27)32-24-33-31(29)37-22-18-35(19-23-37)28(25-10-4-1-5-11-25)26-12-6-2-7-13-26/h1-15,24,28H,16-23H2. The lowest BCUT2D eigenvalue weighted by atomic mass is 9.96. The molecule has 40 heavy (non-hydrogen) atoms. The molecule has 0 saturated carbocycles. The molecule has 2 aliphatic rings. The Kier molecular flexibility index (Phi) is 7.54. The fourth-order valence-electron chi connectivity index (χ4n) is 5.88. The summed E-state index contributed by atoms with van der Waals surface area (Å²) in [5.74, 6) is 0.827. The molecule has 2 aliphatic heterocycles. The van der Waals surface area contributed by atoms with Crippen molar-refractivity contribution in [3.05, 3.63) is 119 Å². The quantitative estimate of drug-likeness (QED) is 0.250. The molecular weight excluding hydrogens is 502 g/mol. The predicted octanol–water partition coefficient (Wildman–Crippen LogP) is 4.62. The van der Waals surface area contributed by atoms with Gasteiger partial charge in [-0.05, 0) is 23.3 Å². The van der Waals surface area contributed by atoms with Gasteiger partial charge in [-0.15, -0.1) is 0 Å². The molecule has 0 N–H and O–H groups in total. The first-order valence-electron chi connectivity index (χ1n) is 13.8. The second-order valence-corrected chi connectivity index (χ2v) is 10.2. The third-order valence-electron chi connectivity index (χ3n) is 7.88. The summed E-state index contributed by atoms with van der Waals surface area (Å²) in [4.78, 5) is 29.8. The van der Waals surface area contributed by atoms with Gasteiger partial charge in [-0.1, -0.05) is 78.9 Å². The fourth-order valence-corrected chi connectivity index (χ4v) is 5.88. The smallest absolute Gasteiger partial charge is 0.353 e. The van der Waals surface area contributed by atoms with Gasteiger partial charge >= 0.3 is 5.69 Å². The molecule has 0 aliphatic carbocycles. The van der Waals surface area contributed by atoms with Crippen molar-refractivity contribution >= 4 is 23.0 Å². The zero-order valence-corrected chi connectivity index (χ0v) is 22.4. The lowest BCUT2D eigenvalue weighted by Gasteiger charge is -2.40. The van der Waals surface area contributed by atoms with Gasteiger partial charge in [0.15, 0.2) is 0 Å². The lowest BCUT2D eigenvalue weighted by Crippen LogP contribution is -2.49. The van der Waals surface area contributed by atoms with Crippen LogP contribution in [0.1, 0.15) is 17.2 Å². The number of hydrogen-bond donors (Lipinski definition) is 0. The number of hydrogen-bond acceptors (Lipinski definition) is 8. The normalized spacial score (nSPS) is 16.4. The summed E-state index contributed by atoms with van der Waals surface area (Å²) in [6.45, 7) is 5.70. The number of piperazine rings is 2. The van der Waals surface area contributed by atoms with Crippen molar-refractivity contribution in [2.75, 3.05) is 67.1 Å². The molecule has 2 saturated heterocycles. The summed E-state index contributed by atoms with van der Waals surface area (Å²) < 4.78 is 0. The minimum atomic E-state index is -0.308. The molecular formula is C31H33N7O2. The monoisotopic (exact) mass is 535 g/mol. The average molecular weight is 536 g/mol. The van der Waals surface area contributed by atoms with Crippen molar-refractivity contribution in [2.45, 2.75) is 6.04 Å². The highest BCUT2D eigenvalue weighted by molar-refractivity contribution is 5.72. The van der Waals surface area contributed by atoms with Crippen LogP contribution in [0.4, 0.5) is 23.0 Å². The second-order valence-electron chi connectivity index (χ2n) is 10.2. The Balaban J connectivity index is 1.20. The van der Waals surface area contributed by atoms with Crippen LogP contribution in [0.5, 0.6) is 0 Å². The SMILES string of the molecule is O=[N+]([O-])c1c(N2CCN(c3ccccc3)CC2)ncnc1N1CCN(C(c2ccccc2)c2ccccc2)CC1. The Morgan fingerprint density at radius 1 is 0.600 bits per heavy atom. The molecule has 9 nitrogen and oxygen atoms in total. The first-order valence-corrected chi connectivity index (χ1v) is 13.8. The summed E-state index contributed by atoms with van der Waals surface area (Å²) in [5.41, 5.74) is 3.66. The summed E-state index contributed by atoms with van der Waals surface area (Å²) in [6, 6.07) is 31.5. The second kappa shape index (κ2) is 11.7. The highest BCUT2D eigenvalue weighted by Gasteiger charge is 2.34. The van der Waals surface area contributed by atoms with E-state index in [4.69, 9.17) is 0 Å². The number of para-hydroxylation sites is 1. The van der Waals surface area contributed by atoms with E-state index in [9.17, 15) is 10.1 Å². The van der Waals surface area contributed by atoms with E-state index in [-0.39, 0.29) is 16.7 Å². The Labute approximate surface area is 234 Å². The maximum Gasteiger partial charge on any atom is 0.353 e. The van der Waals surface area contributed by atoms with Crippen molar-refractivity contribution in [3.8, 4) is 0 Å². The highest BCUT2D eigenvalue weighted by Crippen LogP contribution is 2.36. The molecule has 0 spiro atoms. The Morgan fingerprint density at radius 2 is 1.02 bits per heavy atom. The van der Waals surface area contributed by atoms with E-state index in [0.717, 1.165) is 26.2 Å². The zero-order valence-electron chi connectivity index (χ0n) is 22.4. The number of aromatic nitrogens is 2. The van der Waals surface area contributed by atoms with Gasteiger partial charge < -0.3 is 14.7 Å². The van der Waals surface area contributed by atoms with Gasteiger partial charge in [0, 0.05) is 58.0 Å². The van der Waals surface area contributed by atoms with Crippen molar-refractivity contribution in [1.82, 2.24) is 14.9 Å².